The van der Waals surface area contributed by atoms with Crippen LogP contribution in [0, 0.1) is 11.3 Å². The molecule has 6 heteroatoms. The number of carbonyl (C=O) groups is 1. The molecule has 2 rings (SSSR count). The number of hydrogen-bond donors (Lipinski definition) is 2. The number of carbonyl (C=O) groups excluding carboxylic acids is 1. The Morgan fingerprint density at radius 1 is 1.33 bits per heavy atom. The lowest BCUT2D eigenvalue weighted by Gasteiger charge is -2.07. The first-order chi connectivity index (χ1) is 8.70. The zero-order valence-corrected chi connectivity index (χ0v) is 9.29. The Morgan fingerprint density at radius 3 is 2.67 bits per heavy atom. The number of benzene rings is 1. The third-order valence-corrected chi connectivity index (χ3v) is 2.25. The Bertz CT molecular complexity index is 618. The number of nitrogens with one attached hydrogen (secondary N) is 1. The lowest BCUT2D eigenvalue weighted by molar-refractivity contribution is 0.102. The van der Waals surface area contributed by atoms with E-state index in [0.29, 0.717) is 22.5 Å². The fraction of sp³-hybridized carbons (Fsp3) is 0. The lowest BCUT2D eigenvalue weighted by atomic mass is 10.2. The Morgan fingerprint density at radius 2 is 2.06 bits per heavy atom. The van der Waals surface area contributed by atoms with Gasteiger partial charge in [-0.3, -0.25) is 4.79 Å². The highest BCUT2D eigenvalue weighted by atomic mass is 16.1. The third kappa shape index (κ3) is 2.41. The van der Waals surface area contributed by atoms with Crippen molar-refractivity contribution in [1.29, 1.82) is 5.26 Å². The maximum absolute atomic E-state index is 11.8. The molecule has 1 aromatic heterocycles. The van der Waals surface area contributed by atoms with Crippen LogP contribution in [0.25, 0.3) is 0 Å². The van der Waals surface area contributed by atoms with E-state index in [1.807, 2.05) is 6.07 Å². The molecule has 0 bridgehead atoms. The van der Waals surface area contributed by atoms with Gasteiger partial charge in [0.1, 0.15) is 6.33 Å². The zero-order chi connectivity index (χ0) is 13.0. The Labute approximate surface area is 103 Å². The second-order valence-corrected chi connectivity index (χ2v) is 3.50. The van der Waals surface area contributed by atoms with Crippen LogP contribution in [0.3, 0.4) is 0 Å². The van der Waals surface area contributed by atoms with Crippen molar-refractivity contribution < 1.29 is 4.79 Å². The van der Waals surface area contributed by atoms with E-state index >= 15 is 0 Å². The van der Waals surface area contributed by atoms with E-state index in [0.717, 1.165) is 0 Å². The van der Waals surface area contributed by atoms with Gasteiger partial charge in [-0.2, -0.15) is 5.26 Å². The molecular formula is C12H9N5O. The third-order valence-electron chi connectivity index (χ3n) is 2.25. The summed E-state index contributed by atoms with van der Waals surface area (Å²) in [5, 5.41) is 11.3. The summed E-state index contributed by atoms with van der Waals surface area (Å²) in [6.45, 7) is 0. The van der Waals surface area contributed by atoms with E-state index in [1.54, 1.807) is 12.1 Å². The molecule has 18 heavy (non-hydrogen) atoms. The Kier molecular flexibility index (Phi) is 3.16. The summed E-state index contributed by atoms with van der Waals surface area (Å²) in [4.78, 5) is 19.3. The number of nitrogens with zero attached hydrogens (tertiary/aromatic N) is 3. The largest absolute Gasteiger partial charge is 0.397 e. The number of nitriles is 1. The van der Waals surface area contributed by atoms with Crippen LogP contribution in [0.5, 0.6) is 0 Å². The minimum Gasteiger partial charge on any atom is -0.397 e. The Hall–Kier alpha value is -2.94. The van der Waals surface area contributed by atoms with Gasteiger partial charge in [0, 0.05) is 12.4 Å². The van der Waals surface area contributed by atoms with Crippen molar-refractivity contribution in [2.45, 2.75) is 0 Å². The number of hydrogen-bond acceptors (Lipinski definition) is 5. The molecule has 0 aliphatic rings. The molecule has 0 aliphatic carbocycles. The van der Waals surface area contributed by atoms with Crippen LogP contribution >= 0.6 is 0 Å². The smallest absolute Gasteiger partial charge is 0.258 e. The highest BCUT2D eigenvalue weighted by molar-refractivity contribution is 6.05. The first-order valence-electron chi connectivity index (χ1n) is 5.06. The van der Waals surface area contributed by atoms with E-state index in [-0.39, 0.29) is 5.91 Å². The van der Waals surface area contributed by atoms with Crippen LogP contribution < -0.4 is 11.1 Å². The van der Waals surface area contributed by atoms with Crippen LogP contribution in [0.4, 0.5) is 11.4 Å². The van der Waals surface area contributed by atoms with Crippen molar-refractivity contribution >= 4 is 17.3 Å². The van der Waals surface area contributed by atoms with E-state index in [4.69, 9.17) is 11.0 Å². The maximum Gasteiger partial charge on any atom is 0.258 e. The van der Waals surface area contributed by atoms with Crippen molar-refractivity contribution in [1.82, 2.24) is 9.97 Å². The predicted octanol–water partition coefficient (Wildman–Crippen LogP) is 1.18. The molecule has 6 nitrogen and oxygen atoms in total. The summed E-state index contributed by atoms with van der Waals surface area (Å²) in [5.74, 6) is -0.355. The van der Waals surface area contributed by atoms with E-state index in [9.17, 15) is 4.79 Å². The van der Waals surface area contributed by atoms with Crippen molar-refractivity contribution in [3.63, 3.8) is 0 Å². The molecule has 0 radical (unpaired) electrons. The summed E-state index contributed by atoms with van der Waals surface area (Å²) < 4.78 is 0. The molecule has 2 aromatic rings. The van der Waals surface area contributed by atoms with Gasteiger partial charge in [0.25, 0.3) is 5.91 Å². The Balaban J connectivity index is 2.20. The molecule has 0 spiro atoms. The average Bonchev–Trinajstić information content (AvgIpc) is 2.42. The molecular weight excluding hydrogens is 230 g/mol. The quantitative estimate of drug-likeness (QED) is 0.765. The minimum absolute atomic E-state index is 0.333. The number of nitrogen functional groups attached to an aromatic ring is 1. The van der Waals surface area contributed by atoms with E-state index in [1.165, 1.54) is 24.8 Å². The summed E-state index contributed by atoms with van der Waals surface area (Å²) in [5.41, 5.74) is 7.28. The maximum atomic E-state index is 11.8. The van der Waals surface area contributed by atoms with Crippen LogP contribution in [0.2, 0.25) is 0 Å². The first-order valence-corrected chi connectivity index (χ1v) is 5.06. The number of nitrogens with two attached hydrogens (primary N) is 1. The van der Waals surface area contributed by atoms with Crippen LogP contribution in [0.15, 0.2) is 36.9 Å². The van der Waals surface area contributed by atoms with Gasteiger partial charge in [-0.25, -0.2) is 9.97 Å². The molecule has 1 aromatic carbocycles. The second kappa shape index (κ2) is 4.93. The number of aromatic nitrogens is 2. The average molecular weight is 239 g/mol. The van der Waals surface area contributed by atoms with E-state index in [2.05, 4.69) is 15.3 Å². The normalized spacial score (nSPS) is 9.50. The number of amides is 1. The fourth-order valence-electron chi connectivity index (χ4n) is 1.36. The SMILES string of the molecule is N#Cc1ccc(NC(=O)c2cncnc2)c(N)c1. The second-order valence-electron chi connectivity index (χ2n) is 3.50. The molecule has 0 saturated carbocycles. The molecule has 1 heterocycles. The van der Waals surface area contributed by atoms with Gasteiger partial charge in [0.05, 0.1) is 28.6 Å². The van der Waals surface area contributed by atoms with Gasteiger partial charge in [-0.05, 0) is 18.2 Å². The van der Waals surface area contributed by atoms with Crippen LogP contribution in [-0.4, -0.2) is 15.9 Å². The van der Waals surface area contributed by atoms with Gasteiger partial charge in [0.15, 0.2) is 0 Å². The van der Waals surface area contributed by atoms with Crippen LogP contribution in [-0.2, 0) is 0 Å². The first kappa shape index (κ1) is 11.5. The van der Waals surface area contributed by atoms with Gasteiger partial charge in [0.2, 0.25) is 0 Å². The van der Waals surface area contributed by atoms with E-state index < -0.39 is 0 Å². The zero-order valence-electron chi connectivity index (χ0n) is 9.29. The number of rotatable bonds is 2. The van der Waals surface area contributed by atoms with Gasteiger partial charge >= 0.3 is 0 Å². The highest BCUT2D eigenvalue weighted by Gasteiger charge is 2.08. The van der Waals surface area contributed by atoms with Gasteiger partial charge < -0.3 is 11.1 Å². The van der Waals surface area contributed by atoms with Crippen molar-refractivity contribution in [2.24, 2.45) is 0 Å². The topological polar surface area (TPSA) is 105 Å². The minimum atomic E-state index is -0.355. The van der Waals surface area contributed by atoms with Gasteiger partial charge in [-0.1, -0.05) is 0 Å². The summed E-state index contributed by atoms with van der Waals surface area (Å²) in [6, 6.07) is 6.62. The molecule has 0 saturated heterocycles. The standard InChI is InChI=1S/C12H9N5O/c13-4-8-1-2-11(10(14)3-8)17-12(18)9-5-15-7-16-6-9/h1-3,5-7H,14H2,(H,17,18). The van der Waals surface area contributed by atoms with Gasteiger partial charge in [-0.15, -0.1) is 0 Å². The summed E-state index contributed by atoms with van der Waals surface area (Å²) >= 11 is 0. The molecule has 0 unspecified atom stereocenters. The van der Waals surface area contributed by atoms with Crippen molar-refractivity contribution in [3.05, 3.63) is 48.0 Å². The highest BCUT2D eigenvalue weighted by Crippen LogP contribution is 2.20. The summed E-state index contributed by atoms with van der Waals surface area (Å²) in [7, 11) is 0. The molecule has 1 amide bonds. The monoisotopic (exact) mass is 239 g/mol. The molecule has 0 atom stereocenters. The molecule has 0 fully saturated rings. The van der Waals surface area contributed by atoms with Crippen LogP contribution in [0.1, 0.15) is 15.9 Å². The predicted molar refractivity (Wildman–Crippen MR) is 65.6 cm³/mol. The molecule has 3 N–H and O–H groups in total. The lowest BCUT2D eigenvalue weighted by Crippen LogP contribution is -2.13. The fourth-order valence-corrected chi connectivity index (χ4v) is 1.36. The molecule has 88 valence electrons. The molecule has 0 aliphatic heterocycles. The van der Waals surface area contributed by atoms with Crippen molar-refractivity contribution in [3.8, 4) is 6.07 Å². The summed E-state index contributed by atoms with van der Waals surface area (Å²) in [6.07, 6.45) is 4.15. The van der Waals surface area contributed by atoms with Crippen molar-refractivity contribution in [2.75, 3.05) is 11.1 Å². The number of anilines is 2.